The smallest absolute Gasteiger partial charge is 0.436 e. The van der Waals surface area contributed by atoms with Crippen molar-refractivity contribution in [1.29, 1.82) is 0 Å². The van der Waals surface area contributed by atoms with Crippen LogP contribution in [-0.2, 0) is 6.18 Å². The second kappa shape index (κ2) is 3.76. The van der Waals surface area contributed by atoms with Gasteiger partial charge in [-0.25, -0.2) is 4.98 Å². The van der Waals surface area contributed by atoms with Crippen LogP contribution in [0.3, 0.4) is 0 Å². The molecule has 0 bridgehead atoms. The molecule has 0 aromatic carbocycles. The van der Waals surface area contributed by atoms with Crippen molar-refractivity contribution in [3.63, 3.8) is 0 Å². The van der Waals surface area contributed by atoms with Gasteiger partial charge in [0.25, 0.3) is 0 Å². The molecule has 0 spiro atoms. The maximum absolute atomic E-state index is 12.7. The summed E-state index contributed by atoms with van der Waals surface area (Å²) >= 11 is 0. The van der Waals surface area contributed by atoms with E-state index in [0.717, 1.165) is 0 Å². The van der Waals surface area contributed by atoms with E-state index in [1.807, 2.05) is 0 Å². The number of alkyl halides is 3. The molecular weight excluding hydrogens is 221 g/mol. The zero-order valence-electron chi connectivity index (χ0n) is 9.06. The van der Waals surface area contributed by atoms with Gasteiger partial charge in [-0.3, -0.25) is 0 Å². The molecule has 0 aliphatic carbocycles. The van der Waals surface area contributed by atoms with E-state index in [4.69, 9.17) is 4.42 Å². The highest BCUT2D eigenvalue weighted by atomic mass is 19.4. The van der Waals surface area contributed by atoms with Crippen LogP contribution in [0.1, 0.15) is 43.0 Å². The van der Waals surface area contributed by atoms with Crippen molar-refractivity contribution in [3.8, 4) is 0 Å². The van der Waals surface area contributed by atoms with E-state index in [0.29, 0.717) is 13.1 Å². The SMILES string of the molecule is CC(C)c1oc(C2CNC2)nc1C(F)(F)F. The Bertz CT molecular complexity index is 380. The van der Waals surface area contributed by atoms with Gasteiger partial charge in [0.15, 0.2) is 5.69 Å². The van der Waals surface area contributed by atoms with Crippen molar-refractivity contribution in [2.75, 3.05) is 13.1 Å². The molecule has 1 fully saturated rings. The van der Waals surface area contributed by atoms with Crippen LogP contribution in [0, 0.1) is 0 Å². The molecule has 0 saturated carbocycles. The molecule has 1 aromatic heterocycles. The summed E-state index contributed by atoms with van der Waals surface area (Å²) in [4.78, 5) is 3.59. The third kappa shape index (κ3) is 1.93. The lowest BCUT2D eigenvalue weighted by molar-refractivity contribution is -0.142. The van der Waals surface area contributed by atoms with E-state index in [-0.39, 0.29) is 23.5 Å². The minimum atomic E-state index is -4.43. The van der Waals surface area contributed by atoms with Crippen molar-refractivity contribution in [3.05, 3.63) is 17.3 Å². The topological polar surface area (TPSA) is 38.1 Å². The zero-order chi connectivity index (χ0) is 11.9. The highest BCUT2D eigenvalue weighted by Crippen LogP contribution is 2.36. The molecule has 0 amide bonds. The highest BCUT2D eigenvalue weighted by molar-refractivity contribution is 5.19. The van der Waals surface area contributed by atoms with E-state index >= 15 is 0 Å². The summed E-state index contributed by atoms with van der Waals surface area (Å²) < 4.78 is 43.2. The fraction of sp³-hybridized carbons (Fsp3) is 0.700. The van der Waals surface area contributed by atoms with Crippen molar-refractivity contribution in [2.24, 2.45) is 0 Å². The Morgan fingerprint density at radius 2 is 2.00 bits per heavy atom. The third-order valence-electron chi connectivity index (χ3n) is 2.59. The maximum atomic E-state index is 12.7. The lowest BCUT2D eigenvalue weighted by Gasteiger charge is -2.23. The third-order valence-corrected chi connectivity index (χ3v) is 2.59. The number of aromatic nitrogens is 1. The Morgan fingerprint density at radius 1 is 1.38 bits per heavy atom. The molecule has 1 aromatic rings. The van der Waals surface area contributed by atoms with Gasteiger partial charge < -0.3 is 9.73 Å². The fourth-order valence-electron chi connectivity index (χ4n) is 1.58. The van der Waals surface area contributed by atoms with Crippen molar-refractivity contribution < 1.29 is 17.6 Å². The van der Waals surface area contributed by atoms with Crippen molar-refractivity contribution in [1.82, 2.24) is 10.3 Å². The van der Waals surface area contributed by atoms with Gasteiger partial charge in [-0.15, -0.1) is 0 Å². The first-order valence-corrected chi connectivity index (χ1v) is 5.18. The van der Waals surface area contributed by atoms with Crippen LogP contribution in [-0.4, -0.2) is 18.1 Å². The molecule has 1 aliphatic heterocycles. The first-order chi connectivity index (χ1) is 7.39. The van der Waals surface area contributed by atoms with Gasteiger partial charge in [0.2, 0.25) is 5.89 Å². The summed E-state index contributed by atoms with van der Waals surface area (Å²) in [7, 11) is 0. The molecule has 2 heterocycles. The summed E-state index contributed by atoms with van der Waals surface area (Å²) in [5.74, 6) is -0.191. The molecular formula is C10H13F3N2O. The summed E-state index contributed by atoms with van der Waals surface area (Å²) in [5.41, 5.74) is -0.871. The zero-order valence-corrected chi connectivity index (χ0v) is 9.06. The monoisotopic (exact) mass is 234 g/mol. The van der Waals surface area contributed by atoms with Crippen LogP contribution in [0.5, 0.6) is 0 Å². The average molecular weight is 234 g/mol. The largest absolute Gasteiger partial charge is 0.444 e. The predicted octanol–water partition coefficient (Wildman–Crippen LogP) is 2.50. The molecule has 1 aliphatic rings. The number of hydrogen-bond donors (Lipinski definition) is 1. The number of rotatable bonds is 2. The standard InChI is InChI=1S/C10H13F3N2O/c1-5(2)7-8(10(11,12)13)15-9(16-7)6-3-14-4-6/h5-6,14H,3-4H2,1-2H3. The summed E-state index contributed by atoms with van der Waals surface area (Å²) in [6.45, 7) is 4.60. The molecule has 2 rings (SSSR count). The first kappa shape index (κ1) is 11.4. The van der Waals surface area contributed by atoms with E-state index < -0.39 is 11.9 Å². The Labute approximate surface area is 91.0 Å². The molecule has 0 unspecified atom stereocenters. The quantitative estimate of drug-likeness (QED) is 0.854. The van der Waals surface area contributed by atoms with Gasteiger partial charge >= 0.3 is 6.18 Å². The summed E-state index contributed by atoms with van der Waals surface area (Å²) in [6.07, 6.45) is -4.43. The molecule has 3 nitrogen and oxygen atoms in total. The normalized spacial score (nSPS) is 17.9. The van der Waals surface area contributed by atoms with Crippen molar-refractivity contribution in [2.45, 2.75) is 31.9 Å². The lowest BCUT2D eigenvalue weighted by Crippen LogP contribution is -2.40. The van der Waals surface area contributed by atoms with Crippen LogP contribution < -0.4 is 5.32 Å². The Morgan fingerprint density at radius 3 is 2.31 bits per heavy atom. The predicted molar refractivity (Wildman–Crippen MR) is 51.2 cm³/mol. The fourth-order valence-corrected chi connectivity index (χ4v) is 1.58. The number of oxazole rings is 1. The number of nitrogens with one attached hydrogen (secondary N) is 1. The first-order valence-electron chi connectivity index (χ1n) is 5.18. The lowest BCUT2D eigenvalue weighted by atomic mass is 10.0. The van der Waals surface area contributed by atoms with Crippen molar-refractivity contribution >= 4 is 0 Å². The Balaban J connectivity index is 2.37. The van der Waals surface area contributed by atoms with Crippen LogP contribution in [0.25, 0.3) is 0 Å². The van der Waals surface area contributed by atoms with Gasteiger partial charge in [0.1, 0.15) is 5.76 Å². The van der Waals surface area contributed by atoms with Gasteiger partial charge in [0.05, 0.1) is 5.92 Å². The minimum absolute atomic E-state index is 0.0198. The molecule has 6 heteroatoms. The van der Waals surface area contributed by atoms with Gasteiger partial charge in [-0.05, 0) is 0 Å². The molecule has 0 atom stereocenters. The van der Waals surface area contributed by atoms with Gasteiger partial charge in [-0.1, -0.05) is 13.8 Å². The van der Waals surface area contributed by atoms with Gasteiger partial charge in [-0.2, -0.15) is 13.2 Å². The summed E-state index contributed by atoms with van der Waals surface area (Å²) in [6, 6.07) is 0. The van der Waals surface area contributed by atoms with E-state index in [1.54, 1.807) is 13.8 Å². The highest BCUT2D eigenvalue weighted by Gasteiger charge is 2.40. The maximum Gasteiger partial charge on any atom is 0.436 e. The number of hydrogen-bond acceptors (Lipinski definition) is 3. The minimum Gasteiger partial charge on any atom is -0.444 e. The van der Waals surface area contributed by atoms with Crippen LogP contribution in [0.4, 0.5) is 13.2 Å². The van der Waals surface area contributed by atoms with E-state index in [9.17, 15) is 13.2 Å². The molecule has 1 saturated heterocycles. The molecule has 16 heavy (non-hydrogen) atoms. The number of halogens is 3. The number of nitrogens with zero attached hydrogens (tertiary/aromatic N) is 1. The van der Waals surface area contributed by atoms with Crippen LogP contribution >= 0.6 is 0 Å². The van der Waals surface area contributed by atoms with Gasteiger partial charge in [0, 0.05) is 19.0 Å². The molecule has 90 valence electrons. The van der Waals surface area contributed by atoms with Crippen LogP contribution in [0.2, 0.25) is 0 Å². The summed E-state index contributed by atoms with van der Waals surface area (Å²) in [5, 5.41) is 2.98. The molecule has 1 N–H and O–H groups in total. The second-order valence-electron chi connectivity index (χ2n) is 4.27. The van der Waals surface area contributed by atoms with E-state index in [1.165, 1.54) is 0 Å². The Kier molecular flexibility index (Phi) is 2.69. The average Bonchev–Trinajstić information content (AvgIpc) is 2.44. The Hall–Kier alpha value is -1.04. The molecule has 0 radical (unpaired) electrons. The van der Waals surface area contributed by atoms with E-state index in [2.05, 4.69) is 10.3 Å². The van der Waals surface area contributed by atoms with Crippen LogP contribution in [0.15, 0.2) is 4.42 Å². The second-order valence-corrected chi connectivity index (χ2v) is 4.27.